The van der Waals surface area contributed by atoms with Crippen LogP contribution >= 0.6 is 0 Å². The molecule has 8 nitrogen and oxygen atoms in total. The van der Waals surface area contributed by atoms with Gasteiger partial charge in [0.05, 0.1) is 11.1 Å². The van der Waals surface area contributed by atoms with Crippen LogP contribution in [0.15, 0.2) is 109 Å². The Hall–Kier alpha value is -5.68. The average Bonchev–Trinajstić information content (AvgIpc) is 3.16. The number of hydrogen-bond acceptors (Lipinski definition) is 6. The Bertz CT molecular complexity index is 2030. The molecule has 54 heavy (non-hydrogen) atoms. The molecule has 0 aliphatic heterocycles. The highest BCUT2D eigenvalue weighted by atomic mass is 19.4. The normalized spacial score (nSPS) is 14.0. The Balaban J connectivity index is 1.11. The number of hydrogen-bond donors (Lipinski definition) is 2. The van der Waals surface area contributed by atoms with Crippen LogP contribution in [0.25, 0.3) is 0 Å². The highest BCUT2D eigenvalue weighted by Gasteiger charge is 2.30. The predicted molar refractivity (Wildman–Crippen MR) is 197 cm³/mol. The second-order valence-corrected chi connectivity index (χ2v) is 13.4. The molecule has 0 saturated carbocycles. The standard InChI is InChI=1S/C43H41F3N2O6/c44-43(45,46)35-20-16-30(17-21-35)9-8-29-10-12-32(13-11-29)28-53-39-7-2-1-4-33(39)25-27-48(26-24-31-14-18-34(19-15-31)41(49)50)38-6-3-5-37-36(38)22-23-40(47-37)54-42(51)52/h1-2,4,7,10-23,38H,3,5-6,8-9,24-28H2,(H,49,50)(H,51,52). The van der Waals surface area contributed by atoms with Crippen molar-refractivity contribution in [1.29, 1.82) is 0 Å². The van der Waals surface area contributed by atoms with Crippen LogP contribution in [-0.4, -0.2) is 45.3 Å². The van der Waals surface area contributed by atoms with Gasteiger partial charge in [0.15, 0.2) is 0 Å². The van der Waals surface area contributed by atoms with Crippen LogP contribution in [0.1, 0.15) is 73.9 Å². The molecule has 1 aromatic heterocycles. The second-order valence-electron chi connectivity index (χ2n) is 13.4. The Morgan fingerprint density at radius 1 is 0.741 bits per heavy atom. The van der Waals surface area contributed by atoms with Crippen molar-refractivity contribution in [3.05, 3.63) is 159 Å². The SMILES string of the molecule is O=C(O)Oc1ccc2c(n1)CCCC2N(CCc1ccc(C(=O)O)cc1)CCc1ccccc1OCc1ccc(CCc2ccc(C(F)(F)F)cc2)cc1. The molecule has 0 fully saturated rings. The molecule has 0 spiro atoms. The van der Waals surface area contributed by atoms with Gasteiger partial charge in [-0.3, -0.25) is 4.90 Å². The molecule has 1 aliphatic rings. The van der Waals surface area contributed by atoms with Gasteiger partial charge in [-0.1, -0.05) is 72.8 Å². The van der Waals surface area contributed by atoms with Gasteiger partial charge in [0.25, 0.3) is 0 Å². The molecule has 4 aromatic carbocycles. The molecular weight excluding hydrogens is 697 g/mol. The predicted octanol–water partition coefficient (Wildman–Crippen LogP) is 9.38. The van der Waals surface area contributed by atoms with Crippen LogP contribution in [0.4, 0.5) is 18.0 Å². The number of aromatic nitrogens is 1. The number of ether oxygens (including phenoxy) is 2. The molecule has 1 atom stereocenters. The molecule has 5 aromatic rings. The Morgan fingerprint density at radius 2 is 1.35 bits per heavy atom. The molecule has 280 valence electrons. The first kappa shape index (κ1) is 38.1. The van der Waals surface area contributed by atoms with Gasteiger partial charge in [0.2, 0.25) is 5.88 Å². The molecule has 0 radical (unpaired) electrons. The number of nitrogens with zero attached hydrogens (tertiary/aromatic N) is 2. The van der Waals surface area contributed by atoms with E-state index in [2.05, 4.69) is 16.0 Å². The van der Waals surface area contributed by atoms with Crippen molar-refractivity contribution in [2.75, 3.05) is 13.1 Å². The third-order valence-corrected chi connectivity index (χ3v) is 9.80. The quantitative estimate of drug-likeness (QED) is 0.102. The number of carbonyl (C=O) groups is 2. The van der Waals surface area contributed by atoms with Crippen molar-refractivity contribution in [2.45, 2.75) is 63.8 Å². The number of aromatic carboxylic acids is 1. The lowest BCUT2D eigenvalue weighted by Crippen LogP contribution is -2.35. The number of halogens is 3. The number of para-hydroxylation sites is 1. The number of fused-ring (bicyclic) bond motifs is 1. The summed E-state index contributed by atoms with van der Waals surface area (Å²) in [5.41, 5.74) is 6.49. The minimum absolute atomic E-state index is 0.0456. The van der Waals surface area contributed by atoms with Crippen LogP contribution in [0, 0.1) is 0 Å². The topological polar surface area (TPSA) is 109 Å². The highest BCUT2D eigenvalue weighted by Crippen LogP contribution is 2.35. The molecule has 1 heterocycles. The van der Waals surface area contributed by atoms with E-state index in [1.807, 2.05) is 60.7 Å². The smallest absolute Gasteiger partial charge is 0.489 e. The zero-order valence-corrected chi connectivity index (χ0v) is 29.6. The van der Waals surface area contributed by atoms with Crippen molar-refractivity contribution in [1.82, 2.24) is 9.88 Å². The first-order valence-electron chi connectivity index (χ1n) is 17.9. The first-order chi connectivity index (χ1) is 26.0. The number of rotatable bonds is 15. The molecule has 0 saturated heterocycles. The van der Waals surface area contributed by atoms with Crippen LogP contribution < -0.4 is 9.47 Å². The van der Waals surface area contributed by atoms with Crippen molar-refractivity contribution in [3.63, 3.8) is 0 Å². The van der Waals surface area contributed by atoms with E-state index in [-0.39, 0.29) is 17.5 Å². The lowest BCUT2D eigenvalue weighted by Gasteiger charge is -2.36. The summed E-state index contributed by atoms with van der Waals surface area (Å²) in [6, 6.07) is 31.8. The second kappa shape index (κ2) is 17.4. The summed E-state index contributed by atoms with van der Waals surface area (Å²) < 4.78 is 49.8. The zero-order valence-electron chi connectivity index (χ0n) is 29.6. The fourth-order valence-corrected chi connectivity index (χ4v) is 6.88. The van der Waals surface area contributed by atoms with Gasteiger partial charge >= 0.3 is 18.3 Å². The van der Waals surface area contributed by atoms with Gasteiger partial charge in [-0.2, -0.15) is 13.2 Å². The molecule has 6 rings (SSSR count). The summed E-state index contributed by atoms with van der Waals surface area (Å²) in [7, 11) is 0. The van der Waals surface area contributed by atoms with E-state index < -0.39 is 23.9 Å². The molecular formula is C43H41F3N2O6. The number of carboxylic acids is 1. The van der Waals surface area contributed by atoms with E-state index in [0.29, 0.717) is 45.4 Å². The number of pyridine rings is 1. The Labute approximate surface area is 311 Å². The summed E-state index contributed by atoms with van der Waals surface area (Å²) in [5.74, 6) is -0.117. The van der Waals surface area contributed by atoms with E-state index >= 15 is 0 Å². The monoisotopic (exact) mass is 738 g/mol. The summed E-state index contributed by atoms with van der Waals surface area (Å²) in [5, 5.41) is 18.4. The van der Waals surface area contributed by atoms with E-state index in [1.165, 1.54) is 12.1 Å². The molecule has 0 amide bonds. The number of alkyl halides is 3. The van der Waals surface area contributed by atoms with Crippen molar-refractivity contribution < 1.29 is 42.4 Å². The molecule has 1 aliphatic carbocycles. The van der Waals surface area contributed by atoms with Crippen molar-refractivity contribution >= 4 is 12.1 Å². The number of benzene rings is 4. The molecule has 0 bridgehead atoms. The minimum atomic E-state index is -4.34. The summed E-state index contributed by atoms with van der Waals surface area (Å²) in [6.07, 6.45) is -0.470. The van der Waals surface area contributed by atoms with Crippen molar-refractivity contribution in [2.24, 2.45) is 0 Å². The fraction of sp³-hybridized carbons (Fsp3) is 0.279. The van der Waals surface area contributed by atoms with Gasteiger partial charge in [-0.25, -0.2) is 14.6 Å². The summed E-state index contributed by atoms with van der Waals surface area (Å²) in [6.45, 7) is 1.78. The van der Waals surface area contributed by atoms with Crippen LogP contribution in [0.3, 0.4) is 0 Å². The largest absolute Gasteiger partial charge is 0.512 e. The summed E-state index contributed by atoms with van der Waals surface area (Å²) >= 11 is 0. The van der Waals surface area contributed by atoms with E-state index in [4.69, 9.17) is 14.6 Å². The van der Waals surface area contributed by atoms with Gasteiger partial charge in [0.1, 0.15) is 12.4 Å². The van der Waals surface area contributed by atoms with Crippen molar-refractivity contribution in [3.8, 4) is 11.6 Å². The van der Waals surface area contributed by atoms with Gasteiger partial charge in [-0.15, -0.1) is 0 Å². The maximum absolute atomic E-state index is 12.9. The average molecular weight is 739 g/mol. The lowest BCUT2D eigenvalue weighted by atomic mass is 9.89. The third kappa shape index (κ3) is 10.3. The Kier molecular flexibility index (Phi) is 12.3. The maximum atomic E-state index is 12.9. The fourth-order valence-electron chi connectivity index (χ4n) is 6.88. The van der Waals surface area contributed by atoms with Crippen LogP contribution in [-0.2, 0) is 44.9 Å². The first-order valence-corrected chi connectivity index (χ1v) is 17.9. The third-order valence-electron chi connectivity index (χ3n) is 9.80. The van der Waals surface area contributed by atoms with E-state index in [9.17, 15) is 27.9 Å². The molecule has 1 unspecified atom stereocenters. The molecule has 2 N–H and O–H groups in total. The number of aryl methyl sites for hydroxylation is 3. The lowest BCUT2D eigenvalue weighted by molar-refractivity contribution is -0.137. The zero-order chi connectivity index (χ0) is 38.1. The summed E-state index contributed by atoms with van der Waals surface area (Å²) in [4.78, 5) is 29.5. The Morgan fingerprint density at radius 3 is 2.02 bits per heavy atom. The van der Waals surface area contributed by atoms with Crippen LogP contribution in [0.5, 0.6) is 11.6 Å². The van der Waals surface area contributed by atoms with Gasteiger partial charge in [-0.05, 0) is 109 Å². The minimum Gasteiger partial charge on any atom is -0.489 e. The van der Waals surface area contributed by atoms with E-state index in [0.717, 1.165) is 76.2 Å². The van der Waals surface area contributed by atoms with E-state index in [1.54, 1.807) is 18.2 Å². The maximum Gasteiger partial charge on any atom is 0.512 e. The van der Waals surface area contributed by atoms with Crippen LogP contribution in [0.2, 0.25) is 0 Å². The number of carboxylic acid groups (broad SMARTS) is 2. The van der Waals surface area contributed by atoms with Gasteiger partial charge < -0.3 is 19.7 Å². The molecule has 11 heteroatoms. The van der Waals surface area contributed by atoms with Gasteiger partial charge in [0, 0.05) is 30.9 Å². The highest BCUT2D eigenvalue weighted by molar-refractivity contribution is 5.87.